The molecule has 0 saturated carbocycles. The number of hydrogen-bond donors (Lipinski definition) is 10. The lowest BCUT2D eigenvalue weighted by atomic mass is 10.1. The number of aliphatic imine (C=N–C) groups is 1. The van der Waals surface area contributed by atoms with Crippen molar-refractivity contribution in [1.29, 1.82) is 0 Å². The van der Waals surface area contributed by atoms with Crippen molar-refractivity contribution < 1.29 is 53.7 Å². The van der Waals surface area contributed by atoms with Crippen LogP contribution in [-0.4, -0.2) is 123 Å². The molecule has 5 amide bonds. The van der Waals surface area contributed by atoms with Crippen LogP contribution in [0.1, 0.15) is 50.5 Å². The van der Waals surface area contributed by atoms with Gasteiger partial charge in [0.1, 0.15) is 24.2 Å². The van der Waals surface area contributed by atoms with Crippen molar-refractivity contribution in [2.24, 2.45) is 22.2 Å². The molecule has 1 saturated heterocycles. The van der Waals surface area contributed by atoms with Gasteiger partial charge in [0.15, 0.2) is 5.96 Å². The zero-order valence-electron chi connectivity index (χ0n) is 27.8. The summed E-state index contributed by atoms with van der Waals surface area (Å²) in [5.41, 5.74) is 17.0. The fraction of sp³-hybridized carbons (Fsp3) is 0.516. The van der Waals surface area contributed by atoms with Gasteiger partial charge in [-0.3, -0.25) is 38.6 Å². The zero-order chi connectivity index (χ0) is 38.1. The van der Waals surface area contributed by atoms with E-state index in [9.17, 15) is 48.6 Å². The molecule has 0 radical (unpaired) electrons. The minimum atomic E-state index is -1.47. The quantitative estimate of drug-likeness (QED) is 0.0336. The van der Waals surface area contributed by atoms with Gasteiger partial charge in [-0.2, -0.15) is 0 Å². The van der Waals surface area contributed by atoms with Gasteiger partial charge in [0, 0.05) is 25.9 Å². The van der Waals surface area contributed by atoms with Crippen LogP contribution < -0.4 is 38.5 Å². The standard InChI is InChI=1S/C31H45N9O11/c32-18(15-25(44)45)26(46)39-20(8-4-12-35-31(33)34)29(49)40-13-5-9-22(40)28(48)38-19(10-11-24(42)43)27(47)36-16-23(41)37-21(30(50)51)14-17-6-2-1-3-7-17/h1-3,6-7,18-22H,4-5,8-16,32H2,(H,36,47)(H,37,41)(H,38,48)(H,39,46)(H,42,43)(H,44,45)(H,50,51)(H4,33,34,35)/t18-,19-,20-,21-,22-/m0/s1. The van der Waals surface area contributed by atoms with E-state index >= 15 is 0 Å². The molecular formula is C31H45N9O11. The van der Waals surface area contributed by atoms with Crippen LogP contribution >= 0.6 is 0 Å². The predicted molar refractivity (Wildman–Crippen MR) is 178 cm³/mol. The van der Waals surface area contributed by atoms with E-state index < -0.39 is 97.0 Å². The molecule has 1 aromatic rings. The Kier molecular flexibility index (Phi) is 16.8. The van der Waals surface area contributed by atoms with E-state index in [1.807, 2.05) is 0 Å². The lowest BCUT2D eigenvalue weighted by molar-refractivity contribution is -0.143. The summed E-state index contributed by atoms with van der Waals surface area (Å²) in [5, 5.41) is 37.2. The van der Waals surface area contributed by atoms with Gasteiger partial charge in [-0.1, -0.05) is 30.3 Å². The molecule has 0 aliphatic carbocycles. The van der Waals surface area contributed by atoms with Crippen LogP contribution in [0, 0.1) is 0 Å². The van der Waals surface area contributed by atoms with Crippen LogP contribution in [0.5, 0.6) is 0 Å². The summed E-state index contributed by atoms with van der Waals surface area (Å²) in [6.07, 6.45) is -0.952. The molecule has 1 heterocycles. The smallest absolute Gasteiger partial charge is 0.326 e. The molecule has 1 aromatic carbocycles. The molecule has 0 aromatic heterocycles. The second-order valence-corrected chi connectivity index (χ2v) is 11.8. The van der Waals surface area contributed by atoms with Crippen LogP contribution in [0.25, 0.3) is 0 Å². The van der Waals surface area contributed by atoms with Crippen molar-refractivity contribution in [2.75, 3.05) is 19.6 Å². The number of nitrogens with two attached hydrogens (primary N) is 3. The number of carboxylic acid groups (broad SMARTS) is 3. The molecule has 51 heavy (non-hydrogen) atoms. The average Bonchev–Trinajstić information content (AvgIpc) is 3.56. The van der Waals surface area contributed by atoms with Crippen molar-refractivity contribution in [3.05, 3.63) is 35.9 Å². The monoisotopic (exact) mass is 719 g/mol. The highest BCUT2D eigenvalue weighted by atomic mass is 16.4. The molecule has 5 atom stereocenters. The van der Waals surface area contributed by atoms with Gasteiger partial charge < -0.3 is 58.7 Å². The number of carboxylic acids is 3. The second-order valence-electron chi connectivity index (χ2n) is 11.8. The van der Waals surface area contributed by atoms with Crippen LogP contribution in [-0.2, 0) is 44.8 Å². The first-order valence-corrected chi connectivity index (χ1v) is 16.1. The summed E-state index contributed by atoms with van der Waals surface area (Å²) in [5.74, 6) is -8.31. The van der Waals surface area contributed by atoms with E-state index in [0.29, 0.717) is 12.0 Å². The molecule has 2 rings (SSSR count). The van der Waals surface area contributed by atoms with Crippen LogP contribution in [0.4, 0.5) is 0 Å². The van der Waals surface area contributed by atoms with Gasteiger partial charge in [-0.25, -0.2) is 4.79 Å². The van der Waals surface area contributed by atoms with Gasteiger partial charge in [-0.05, 0) is 37.7 Å². The van der Waals surface area contributed by atoms with Gasteiger partial charge in [-0.15, -0.1) is 0 Å². The minimum absolute atomic E-state index is 0.00816. The molecule has 0 bridgehead atoms. The van der Waals surface area contributed by atoms with E-state index in [1.165, 1.54) is 4.90 Å². The zero-order valence-corrected chi connectivity index (χ0v) is 27.8. The van der Waals surface area contributed by atoms with Crippen molar-refractivity contribution >= 4 is 53.4 Å². The molecule has 13 N–H and O–H groups in total. The fourth-order valence-corrected chi connectivity index (χ4v) is 5.21. The maximum atomic E-state index is 13.7. The lowest BCUT2D eigenvalue weighted by Crippen LogP contribution is -2.57. The highest BCUT2D eigenvalue weighted by Crippen LogP contribution is 2.20. The van der Waals surface area contributed by atoms with Crippen LogP contribution in [0.3, 0.4) is 0 Å². The molecular weight excluding hydrogens is 674 g/mol. The van der Waals surface area contributed by atoms with Gasteiger partial charge in [0.25, 0.3) is 0 Å². The van der Waals surface area contributed by atoms with E-state index in [-0.39, 0.29) is 51.2 Å². The lowest BCUT2D eigenvalue weighted by Gasteiger charge is -2.30. The predicted octanol–water partition coefficient (Wildman–Crippen LogP) is -3.40. The number of carbonyl (C=O) groups is 8. The first-order valence-electron chi connectivity index (χ1n) is 16.1. The van der Waals surface area contributed by atoms with Crippen molar-refractivity contribution in [1.82, 2.24) is 26.2 Å². The number of likely N-dealkylation sites (tertiary alicyclic amines) is 1. The Morgan fingerprint density at radius 1 is 0.863 bits per heavy atom. The number of benzene rings is 1. The third-order valence-electron chi connectivity index (χ3n) is 7.75. The Morgan fingerprint density at radius 2 is 1.55 bits per heavy atom. The maximum absolute atomic E-state index is 13.7. The average molecular weight is 720 g/mol. The summed E-state index contributed by atoms with van der Waals surface area (Å²) in [4.78, 5) is 104. The third kappa shape index (κ3) is 14.7. The van der Waals surface area contributed by atoms with Crippen LogP contribution in [0.15, 0.2) is 35.3 Å². The van der Waals surface area contributed by atoms with Gasteiger partial charge >= 0.3 is 17.9 Å². The number of hydrogen-bond acceptors (Lipinski definition) is 10. The summed E-state index contributed by atoms with van der Waals surface area (Å²) in [6.45, 7) is -0.510. The molecule has 20 heteroatoms. The molecule has 0 spiro atoms. The highest BCUT2D eigenvalue weighted by molar-refractivity contribution is 5.96. The Labute approximate surface area is 292 Å². The summed E-state index contributed by atoms with van der Waals surface area (Å²) >= 11 is 0. The number of nitrogens with one attached hydrogen (secondary N) is 4. The Hall–Kier alpha value is -5.79. The van der Waals surface area contributed by atoms with Crippen LogP contribution in [0.2, 0.25) is 0 Å². The van der Waals surface area contributed by atoms with E-state index in [4.69, 9.17) is 22.3 Å². The molecule has 1 aliphatic heterocycles. The van der Waals surface area contributed by atoms with E-state index in [0.717, 1.165) is 0 Å². The van der Waals surface area contributed by atoms with E-state index in [2.05, 4.69) is 26.3 Å². The summed E-state index contributed by atoms with van der Waals surface area (Å²) < 4.78 is 0. The Morgan fingerprint density at radius 3 is 2.16 bits per heavy atom. The topological polar surface area (TPSA) is 339 Å². The van der Waals surface area contributed by atoms with Crippen molar-refractivity contribution in [3.8, 4) is 0 Å². The number of amides is 5. The number of nitrogens with zero attached hydrogens (tertiary/aromatic N) is 2. The molecule has 20 nitrogen and oxygen atoms in total. The summed E-state index contributed by atoms with van der Waals surface area (Å²) in [6, 6.07) is 1.90. The number of guanidine groups is 1. The fourth-order valence-electron chi connectivity index (χ4n) is 5.21. The SMILES string of the molecule is NC(N)=NCCC[C@H](NC(=O)[C@@H](N)CC(=O)O)C(=O)N1CCC[C@H]1C(=O)N[C@@H](CCC(=O)O)C(=O)NCC(=O)N[C@@H](Cc1ccccc1)C(=O)O. The maximum Gasteiger partial charge on any atom is 0.326 e. The summed E-state index contributed by atoms with van der Waals surface area (Å²) in [7, 11) is 0. The normalized spacial score (nSPS) is 16.0. The first-order chi connectivity index (χ1) is 24.1. The Balaban J connectivity index is 2.13. The molecule has 1 aliphatic rings. The first kappa shape index (κ1) is 41.4. The number of carbonyl (C=O) groups excluding carboxylic acids is 5. The minimum Gasteiger partial charge on any atom is -0.481 e. The molecule has 0 unspecified atom stereocenters. The largest absolute Gasteiger partial charge is 0.481 e. The molecule has 280 valence electrons. The highest BCUT2D eigenvalue weighted by Gasteiger charge is 2.39. The number of aliphatic carboxylic acids is 3. The van der Waals surface area contributed by atoms with Crippen molar-refractivity contribution in [3.63, 3.8) is 0 Å². The third-order valence-corrected chi connectivity index (χ3v) is 7.75. The molecule has 1 fully saturated rings. The number of rotatable bonds is 21. The Bertz CT molecular complexity index is 1450. The second kappa shape index (κ2) is 20.7. The van der Waals surface area contributed by atoms with Gasteiger partial charge in [0.2, 0.25) is 29.5 Å². The van der Waals surface area contributed by atoms with Crippen molar-refractivity contribution in [2.45, 2.75) is 81.6 Å². The van der Waals surface area contributed by atoms with E-state index in [1.54, 1.807) is 30.3 Å². The van der Waals surface area contributed by atoms with Gasteiger partial charge in [0.05, 0.1) is 19.0 Å².